The third-order valence-corrected chi connectivity index (χ3v) is 11.5. The zero-order valence-electron chi connectivity index (χ0n) is 14.5. The highest BCUT2D eigenvalue weighted by Crippen LogP contribution is 2.53. The van der Waals surface area contributed by atoms with Gasteiger partial charge < -0.3 is 18.8 Å². The normalized spacial score (nSPS) is 43.7. The minimum absolute atomic E-state index is 0.0182. The van der Waals surface area contributed by atoms with Gasteiger partial charge in [0.05, 0.1) is 12.7 Å². The molecule has 1 spiro atoms. The summed E-state index contributed by atoms with van der Waals surface area (Å²) in [6.45, 7) is 12.4. The topological polar surface area (TPSA) is 65.0 Å². The van der Waals surface area contributed by atoms with E-state index in [0.717, 1.165) is 0 Å². The molecule has 8 heteroatoms. The van der Waals surface area contributed by atoms with Gasteiger partial charge in [-0.1, -0.05) is 20.8 Å². The Balaban J connectivity index is 2.15. The maximum absolute atomic E-state index is 12.0. The molecule has 0 bridgehead atoms. The number of ether oxygens (including phenoxy) is 1. The second-order valence-electron chi connectivity index (χ2n) is 8.20. The predicted molar refractivity (Wildman–Crippen MR) is 90.4 cm³/mol. The summed E-state index contributed by atoms with van der Waals surface area (Å²) in [4.78, 5) is 0. The maximum Gasteiger partial charge on any atom is 0.200 e. The first kappa shape index (κ1) is 18.7. The molecule has 0 amide bonds. The van der Waals surface area contributed by atoms with Crippen LogP contribution in [-0.4, -0.2) is 64.5 Å². The van der Waals surface area contributed by atoms with Crippen LogP contribution in [-0.2, 0) is 18.3 Å². The number of aliphatic hydroxyl groups excluding tert-OH is 1. The highest BCUT2D eigenvalue weighted by atomic mass is 31.2. The first-order chi connectivity index (χ1) is 9.80. The van der Waals surface area contributed by atoms with Gasteiger partial charge in [-0.05, 0) is 24.6 Å². The van der Waals surface area contributed by atoms with Gasteiger partial charge in [0.1, 0.15) is 19.6 Å². The average molecular weight is 346 g/mol. The Labute approximate surface area is 136 Å². The van der Waals surface area contributed by atoms with Crippen LogP contribution in [0.1, 0.15) is 27.2 Å². The van der Waals surface area contributed by atoms with Crippen molar-refractivity contribution in [3.05, 3.63) is 0 Å². The zero-order valence-corrected chi connectivity index (χ0v) is 16.4. The molecule has 1 N–H and O–H groups in total. The maximum atomic E-state index is 12.0. The molecule has 2 saturated heterocycles. The summed E-state index contributed by atoms with van der Waals surface area (Å²) < 4.78 is 29.6. The Hall–Kier alpha value is 0.352. The quantitative estimate of drug-likeness (QED) is 0.614. The molecule has 2 aliphatic heterocycles. The number of rotatable bonds is 2. The fraction of sp³-hybridized carbons (Fsp3) is 1.00. The number of aliphatic hydroxyl groups is 1. The van der Waals surface area contributed by atoms with Gasteiger partial charge in [0, 0.05) is 18.8 Å². The molecule has 0 saturated carbocycles. The number of hydrogen-bond donors (Lipinski definition) is 1. The van der Waals surface area contributed by atoms with Crippen molar-refractivity contribution in [1.82, 2.24) is 0 Å². The van der Waals surface area contributed by atoms with Crippen LogP contribution in [0, 0.1) is 0 Å². The highest BCUT2D eigenvalue weighted by molar-refractivity contribution is 7.58. The molecule has 2 heterocycles. The van der Waals surface area contributed by atoms with Crippen molar-refractivity contribution >= 4 is 23.5 Å². The van der Waals surface area contributed by atoms with Gasteiger partial charge in [-0.2, -0.15) is 0 Å². The van der Waals surface area contributed by atoms with Gasteiger partial charge in [-0.15, -0.1) is 0 Å². The van der Waals surface area contributed by atoms with E-state index in [2.05, 4.69) is 33.9 Å². The smallest absolute Gasteiger partial charge is 0.200 e. The monoisotopic (exact) mass is 346 g/mol. The molecule has 2 unspecified atom stereocenters. The second-order valence-corrected chi connectivity index (χ2v) is 15.7. The van der Waals surface area contributed by atoms with E-state index in [1.807, 2.05) is 0 Å². The van der Waals surface area contributed by atoms with Crippen molar-refractivity contribution in [3.63, 3.8) is 0 Å². The first-order valence-corrected chi connectivity index (χ1v) is 13.0. The average Bonchev–Trinajstić information content (AvgIpc) is 2.57. The summed E-state index contributed by atoms with van der Waals surface area (Å²) in [7, 11) is 1.44. The third kappa shape index (κ3) is 3.40. The molecule has 0 aromatic carbocycles. The van der Waals surface area contributed by atoms with Crippen molar-refractivity contribution in [1.29, 1.82) is 0 Å². The van der Waals surface area contributed by atoms with E-state index in [1.54, 1.807) is 6.66 Å². The summed E-state index contributed by atoms with van der Waals surface area (Å²) in [5.41, 5.74) is -0.892. The van der Waals surface area contributed by atoms with Crippen molar-refractivity contribution in [2.24, 2.45) is 0 Å². The van der Waals surface area contributed by atoms with E-state index < -0.39 is 39.5 Å². The molecule has 0 aromatic rings. The van der Waals surface area contributed by atoms with Gasteiger partial charge in [-0.3, -0.25) is 4.57 Å². The fourth-order valence-electron chi connectivity index (χ4n) is 2.64. The molecular formula is C14H28BO5PSi. The van der Waals surface area contributed by atoms with E-state index in [9.17, 15) is 9.67 Å². The molecule has 5 atom stereocenters. The number of hydrogen-bond acceptors (Lipinski definition) is 5. The van der Waals surface area contributed by atoms with E-state index >= 15 is 0 Å². The van der Waals surface area contributed by atoms with Crippen LogP contribution in [0.4, 0.5) is 0 Å². The molecule has 2 rings (SSSR count). The Bertz CT molecular complexity index is 466. The summed E-state index contributed by atoms with van der Waals surface area (Å²) >= 11 is 0. The third-order valence-electron chi connectivity index (χ3n) is 5.30. The molecule has 2 aliphatic rings. The van der Waals surface area contributed by atoms with Crippen LogP contribution in [0.3, 0.4) is 0 Å². The standard InChI is InChI=1S/C14H28BO5PSi/c1-13(2,3)22(5,6)20-10-11(16)14(19-12(10)15)7-8-21(4,17)18-9-14/h10-12,16H,7-9H2,1-6H3/t10-,11?,12+,14-,21?/m0/s1. The van der Waals surface area contributed by atoms with Gasteiger partial charge in [0.25, 0.3) is 0 Å². The molecule has 22 heavy (non-hydrogen) atoms. The summed E-state index contributed by atoms with van der Waals surface area (Å²) in [6, 6.07) is -0.693. The van der Waals surface area contributed by atoms with Crippen LogP contribution < -0.4 is 0 Å². The van der Waals surface area contributed by atoms with Gasteiger partial charge in [0.2, 0.25) is 0 Å². The Morgan fingerprint density at radius 3 is 2.45 bits per heavy atom. The van der Waals surface area contributed by atoms with E-state index in [4.69, 9.17) is 21.5 Å². The molecule has 0 aliphatic carbocycles. The van der Waals surface area contributed by atoms with Crippen LogP contribution in [0.2, 0.25) is 18.1 Å². The van der Waals surface area contributed by atoms with E-state index in [0.29, 0.717) is 12.6 Å². The summed E-state index contributed by atoms with van der Waals surface area (Å²) in [5, 5.41) is 10.8. The molecule has 2 radical (unpaired) electrons. The fourth-order valence-corrected chi connectivity index (χ4v) is 5.34. The van der Waals surface area contributed by atoms with Crippen LogP contribution in [0.25, 0.3) is 0 Å². The molecule has 126 valence electrons. The highest BCUT2D eigenvalue weighted by Gasteiger charge is 2.57. The van der Waals surface area contributed by atoms with Crippen molar-refractivity contribution < 1.29 is 23.4 Å². The Kier molecular flexibility index (Phi) is 4.85. The summed E-state index contributed by atoms with van der Waals surface area (Å²) in [6.07, 6.45) is -0.563. The zero-order chi connectivity index (χ0) is 17.0. The molecule has 2 fully saturated rings. The van der Waals surface area contributed by atoms with Crippen LogP contribution >= 0.6 is 7.37 Å². The lowest BCUT2D eigenvalue weighted by Crippen LogP contribution is -2.53. The van der Waals surface area contributed by atoms with Gasteiger partial charge >= 0.3 is 0 Å². The SMILES string of the molecule is [B][C@@H]1O[C@]2(CCP(C)(=O)OC2)C(O)[C@@H]1O[Si](C)(C)C(C)(C)C. The minimum atomic E-state index is -2.56. The lowest BCUT2D eigenvalue weighted by molar-refractivity contribution is -0.101. The van der Waals surface area contributed by atoms with Crippen LogP contribution in [0.15, 0.2) is 0 Å². The lowest BCUT2D eigenvalue weighted by Gasteiger charge is -2.41. The van der Waals surface area contributed by atoms with Crippen molar-refractivity contribution in [3.8, 4) is 0 Å². The minimum Gasteiger partial charge on any atom is -0.409 e. The largest absolute Gasteiger partial charge is 0.409 e. The molecular weight excluding hydrogens is 318 g/mol. The molecule has 0 aromatic heterocycles. The van der Waals surface area contributed by atoms with Crippen molar-refractivity contribution in [2.45, 2.75) is 69.1 Å². The second kappa shape index (κ2) is 5.71. The lowest BCUT2D eigenvalue weighted by atomic mass is 9.88. The Morgan fingerprint density at radius 2 is 2.00 bits per heavy atom. The summed E-state index contributed by atoms with van der Waals surface area (Å²) in [5.74, 6) is 0. The van der Waals surface area contributed by atoms with E-state index in [1.165, 1.54) is 0 Å². The van der Waals surface area contributed by atoms with Crippen LogP contribution in [0.5, 0.6) is 0 Å². The first-order valence-electron chi connectivity index (χ1n) is 7.80. The molecule has 5 nitrogen and oxygen atoms in total. The Morgan fingerprint density at radius 1 is 1.41 bits per heavy atom. The van der Waals surface area contributed by atoms with Gasteiger partial charge in [-0.25, -0.2) is 0 Å². The predicted octanol–water partition coefficient (Wildman–Crippen LogP) is 2.33. The van der Waals surface area contributed by atoms with E-state index in [-0.39, 0.29) is 11.6 Å². The van der Waals surface area contributed by atoms with Gasteiger partial charge in [0.15, 0.2) is 15.7 Å². The van der Waals surface area contributed by atoms with Crippen molar-refractivity contribution in [2.75, 3.05) is 19.4 Å².